The van der Waals surface area contributed by atoms with Crippen molar-refractivity contribution in [1.82, 2.24) is 15.0 Å². The molecule has 152 valence electrons. The van der Waals surface area contributed by atoms with Crippen molar-refractivity contribution in [3.8, 4) is 22.9 Å². The highest BCUT2D eigenvalue weighted by molar-refractivity contribution is 6.30. The van der Waals surface area contributed by atoms with Gasteiger partial charge in [0.1, 0.15) is 0 Å². The minimum atomic E-state index is -0.0222. The summed E-state index contributed by atoms with van der Waals surface area (Å²) in [6.45, 7) is 0.241. The third-order valence-electron chi connectivity index (χ3n) is 4.44. The van der Waals surface area contributed by atoms with Gasteiger partial charge in [0.05, 0.1) is 20.8 Å². The van der Waals surface area contributed by atoms with E-state index in [1.54, 1.807) is 38.3 Å². The van der Waals surface area contributed by atoms with Crippen molar-refractivity contribution in [1.29, 1.82) is 0 Å². The van der Waals surface area contributed by atoms with E-state index < -0.39 is 0 Å². The number of nitrogens with zero attached hydrogens (tertiary/aromatic N) is 3. The normalized spacial score (nSPS) is 10.6. The van der Waals surface area contributed by atoms with Crippen LogP contribution < -0.4 is 9.47 Å². The van der Waals surface area contributed by atoms with Gasteiger partial charge in [-0.2, -0.15) is 4.98 Å². The van der Waals surface area contributed by atoms with Crippen molar-refractivity contribution in [3.05, 3.63) is 58.9 Å². The highest BCUT2D eigenvalue weighted by atomic mass is 35.5. The zero-order chi connectivity index (χ0) is 20.8. The van der Waals surface area contributed by atoms with Crippen LogP contribution in [-0.2, 0) is 17.8 Å². The van der Waals surface area contributed by atoms with E-state index in [0.29, 0.717) is 41.1 Å². The molecular weight excluding hydrogens is 394 g/mol. The number of ether oxygens (including phenoxy) is 2. The van der Waals surface area contributed by atoms with Crippen LogP contribution in [0.2, 0.25) is 5.02 Å². The van der Waals surface area contributed by atoms with Crippen LogP contribution in [0.25, 0.3) is 11.4 Å². The highest BCUT2D eigenvalue weighted by Gasteiger charge is 2.15. The Morgan fingerprint density at radius 1 is 1.10 bits per heavy atom. The number of hydrogen-bond donors (Lipinski definition) is 0. The molecule has 0 aliphatic rings. The summed E-state index contributed by atoms with van der Waals surface area (Å²) in [6.07, 6.45) is 0.938. The molecule has 1 heterocycles. The van der Waals surface area contributed by atoms with Crippen molar-refractivity contribution in [2.75, 3.05) is 21.3 Å². The molecule has 1 aromatic heterocycles. The van der Waals surface area contributed by atoms with Crippen molar-refractivity contribution in [2.45, 2.75) is 19.4 Å². The Bertz CT molecular complexity index is 972. The zero-order valence-electron chi connectivity index (χ0n) is 16.5. The van der Waals surface area contributed by atoms with Gasteiger partial charge in [-0.15, -0.1) is 0 Å². The summed E-state index contributed by atoms with van der Waals surface area (Å²) in [5.74, 6) is 2.12. The quantitative estimate of drug-likeness (QED) is 0.553. The lowest BCUT2D eigenvalue weighted by atomic mass is 10.1. The number of rotatable bonds is 8. The molecule has 1 amide bonds. The van der Waals surface area contributed by atoms with Crippen LogP contribution >= 0.6 is 11.6 Å². The number of aromatic nitrogens is 2. The van der Waals surface area contributed by atoms with Gasteiger partial charge in [0, 0.05) is 24.1 Å². The second-order valence-corrected chi connectivity index (χ2v) is 6.89. The van der Waals surface area contributed by atoms with E-state index in [9.17, 15) is 4.79 Å². The maximum atomic E-state index is 12.5. The van der Waals surface area contributed by atoms with Crippen LogP contribution in [0.15, 0.2) is 47.0 Å². The Morgan fingerprint density at radius 2 is 1.83 bits per heavy atom. The van der Waals surface area contributed by atoms with Crippen LogP contribution in [0, 0.1) is 0 Å². The molecule has 0 radical (unpaired) electrons. The number of carbonyl (C=O) groups is 1. The first-order valence-corrected chi connectivity index (χ1v) is 9.41. The van der Waals surface area contributed by atoms with E-state index in [4.69, 9.17) is 25.6 Å². The molecule has 8 heteroatoms. The molecule has 0 saturated carbocycles. The molecule has 0 fully saturated rings. The smallest absolute Gasteiger partial charge is 0.246 e. The van der Waals surface area contributed by atoms with E-state index in [1.165, 1.54) is 0 Å². The minimum Gasteiger partial charge on any atom is -0.493 e. The average Bonchev–Trinajstić information content (AvgIpc) is 3.20. The SMILES string of the molecule is COc1ccc(CCC(=O)N(C)Cc2nc(-c3ccc(Cl)cc3)no2)cc1OC. The van der Waals surface area contributed by atoms with Gasteiger partial charge in [-0.1, -0.05) is 22.8 Å². The molecule has 29 heavy (non-hydrogen) atoms. The maximum Gasteiger partial charge on any atom is 0.246 e. The van der Waals surface area contributed by atoms with Gasteiger partial charge in [0.15, 0.2) is 11.5 Å². The van der Waals surface area contributed by atoms with Crippen molar-refractivity contribution in [2.24, 2.45) is 0 Å². The predicted octanol–water partition coefficient (Wildman–Crippen LogP) is 4.00. The van der Waals surface area contributed by atoms with E-state index in [1.807, 2.05) is 30.3 Å². The topological polar surface area (TPSA) is 77.7 Å². The number of halogens is 1. The van der Waals surface area contributed by atoms with Gasteiger partial charge in [-0.25, -0.2) is 0 Å². The molecule has 0 unspecified atom stereocenters. The molecule has 0 N–H and O–H groups in total. The lowest BCUT2D eigenvalue weighted by Crippen LogP contribution is -2.26. The van der Waals surface area contributed by atoms with E-state index in [2.05, 4.69) is 10.1 Å². The Morgan fingerprint density at radius 3 is 2.52 bits per heavy atom. The number of carbonyl (C=O) groups excluding carboxylic acids is 1. The summed E-state index contributed by atoms with van der Waals surface area (Å²) in [5.41, 5.74) is 1.79. The number of aryl methyl sites for hydroxylation is 1. The summed E-state index contributed by atoms with van der Waals surface area (Å²) in [4.78, 5) is 18.4. The maximum absolute atomic E-state index is 12.5. The van der Waals surface area contributed by atoms with E-state index >= 15 is 0 Å². The van der Waals surface area contributed by atoms with Gasteiger partial charge in [-0.05, 0) is 48.4 Å². The lowest BCUT2D eigenvalue weighted by molar-refractivity contribution is -0.130. The first-order valence-electron chi connectivity index (χ1n) is 9.03. The van der Waals surface area contributed by atoms with Crippen LogP contribution in [0.1, 0.15) is 17.9 Å². The predicted molar refractivity (Wildman–Crippen MR) is 109 cm³/mol. The van der Waals surface area contributed by atoms with Crippen molar-refractivity contribution in [3.63, 3.8) is 0 Å². The van der Waals surface area contributed by atoms with Gasteiger partial charge < -0.3 is 18.9 Å². The first-order chi connectivity index (χ1) is 14.0. The van der Waals surface area contributed by atoms with Gasteiger partial charge in [0.25, 0.3) is 0 Å². The minimum absolute atomic E-state index is 0.0222. The molecule has 0 aliphatic heterocycles. The third-order valence-corrected chi connectivity index (χ3v) is 4.70. The number of benzene rings is 2. The van der Waals surface area contributed by atoms with E-state index in [-0.39, 0.29) is 12.5 Å². The molecule has 0 bridgehead atoms. The largest absolute Gasteiger partial charge is 0.493 e. The molecule has 0 atom stereocenters. The fraction of sp³-hybridized carbons (Fsp3) is 0.286. The monoisotopic (exact) mass is 415 g/mol. The fourth-order valence-electron chi connectivity index (χ4n) is 2.80. The van der Waals surface area contributed by atoms with Gasteiger partial charge in [0.2, 0.25) is 17.6 Å². The summed E-state index contributed by atoms with van der Waals surface area (Å²) >= 11 is 5.89. The molecule has 0 saturated heterocycles. The number of hydrogen-bond acceptors (Lipinski definition) is 6. The van der Waals surface area contributed by atoms with Crippen molar-refractivity contribution < 1.29 is 18.8 Å². The standard InChI is InChI=1S/C21H22ClN3O4/c1-25(13-19-23-21(24-29-19)15-6-8-16(22)9-7-15)20(26)11-5-14-4-10-17(27-2)18(12-14)28-3/h4,6-10,12H,5,11,13H2,1-3H3. The molecule has 2 aromatic carbocycles. The molecular formula is C21H22ClN3O4. The summed E-state index contributed by atoms with van der Waals surface area (Å²) in [5, 5.41) is 4.60. The number of methoxy groups -OCH3 is 2. The Labute approximate surface area is 174 Å². The molecule has 3 rings (SSSR count). The van der Waals surface area contributed by atoms with Crippen LogP contribution in [-0.4, -0.2) is 42.2 Å². The van der Waals surface area contributed by atoms with Crippen LogP contribution in [0.5, 0.6) is 11.5 Å². The third kappa shape index (κ3) is 5.26. The fourth-order valence-corrected chi connectivity index (χ4v) is 2.93. The van der Waals surface area contributed by atoms with Crippen LogP contribution in [0.4, 0.5) is 0 Å². The summed E-state index contributed by atoms with van der Waals surface area (Å²) in [7, 11) is 4.89. The highest BCUT2D eigenvalue weighted by Crippen LogP contribution is 2.28. The second kappa shape index (κ2) is 9.43. The van der Waals surface area contributed by atoms with Gasteiger partial charge >= 0.3 is 0 Å². The Balaban J connectivity index is 1.56. The molecule has 3 aromatic rings. The van der Waals surface area contributed by atoms with Crippen LogP contribution in [0.3, 0.4) is 0 Å². The summed E-state index contributed by atoms with van der Waals surface area (Å²) in [6, 6.07) is 12.8. The second-order valence-electron chi connectivity index (χ2n) is 6.46. The van der Waals surface area contributed by atoms with Gasteiger partial charge in [-0.3, -0.25) is 4.79 Å². The van der Waals surface area contributed by atoms with Crippen molar-refractivity contribution >= 4 is 17.5 Å². The van der Waals surface area contributed by atoms with E-state index in [0.717, 1.165) is 11.1 Å². The average molecular weight is 416 g/mol. The summed E-state index contributed by atoms with van der Waals surface area (Å²) < 4.78 is 15.8. The first kappa shape index (κ1) is 20.7. The Kier molecular flexibility index (Phi) is 6.72. The Hall–Kier alpha value is -3.06. The number of amides is 1. The molecule has 0 aliphatic carbocycles. The zero-order valence-corrected chi connectivity index (χ0v) is 17.3. The molecule has 7 nitrogen and oxygen atoms in total. The molecule has 0 spiro atoms. The lowest BCUT2D eigenvalue weighted by Gasteiger charge is -2.15.